The molecule has 5 rings (SSSR count). The molecule has 0 saturated carbocycles. The fourth-order valence-corrected chi connectivity index (χ4v) is 6.05. The molecular weight excluding hydrogens is 410 g/mol. The van der Waals surface area contributed by atoms with Crippen molar-refractivity contribution >= 4 is 16.6 Å². The van der Waals surface area contributed by atoms with Gasteiger partial charge in [-0.1, -0.05) is 6.42 Å². The van der Waals surface area contributed by atoms with Crippen molar-refractivity contribution in [3.05, 3.63) is 35.5 Å². The van der Waals surface area contributed by atoms with Crippen molar-refractivity contribution in [2.75, 3.05) is 50.7 Å². The van der Waals surface area contributed by atoms with Crippen LogP contribution in [0.1, 0.15) is 50.3 Å². The van der Waals surface area contributed by atoms with Gasteiger partial charge in [0.2, 0.25) is 0 Å². The predicted octanol–water partition coefficient (Wildman–Crippen LogP) is 3.96. The van der Waals surface area contributed by atoms with E-state index in [0.29, 0.717) is 5.56 Å². The van der Waals surface area contributed by atoms with E-state index < -0.39 is 0 Å². The highest BCUT2D eigenvalue weighted by atomic mass is 16.5. The molecule has 3 aliphatic heterocycles. The van der Waals surface area contributed by atoms with Gasteiger partial charge in [-0.25, -0.2) is 0 Å². The summed E-state index contributed by atoms with van der Waals surface area (Å²) in [6.07, 6.45) is 7.12. The first-order chi connectivity index (χ1) is 16.1. The monoisotopic (exact) mass is 447 g/mol. The molecule has 0 N–H and O–H groups in total. The number of piperidine rings is 2. The van der Waals surface area contributed by atoms with E-state index >= 15 is 0 Å². The number of aromatic nitrogens is 1. The highest BCUT2D eigenvalue weighted by molar-refractivity contribution is 5.95. The van der Waals surface area contributed by atoms with E-state index in [1.54, 1.807) is 0 Å². The van der Waals surface area contributed by atoms with Crippen molar-refractivity contribution in [1.29, 1.82) is 5.26 Å². The highest BCUT2D eigenvalue weighted by Gasteiger charge is 2.31. The van der Waals surface area contributed by atoms with Gasteiger partial charge in [0.05, 0.1) is 23.3 Å². The molecule has 3 fully saturated rings. The highest BCUT2D eigenvalue weighted by Crippen LogP contribution is 2.31. The van der Waals surface area contributed by atoms with Crippen LogP contribution >= 0.6 is 0 Å². The number of anilines is 1. The number of hydrogen-bond donors (Lipinski definition) is 0. The summed E-state index contributed by atoms with van der Waals surface area (Å²) in [6, 6.07) is 11.3. The minimum atomic E-state index is 0.179. The van der Waals surface area contributed by atoms with E-state index in [1.807, 2.05) is 19.1 Å². The van der Waals surface area contributed by atoms with Crippen LogP contribution in [0.15, 0.2) is 24.3 Å². The van der Waals surface area contributed by atoms with Gasteiger partial charge in [-0.3, -0.25) is 4.98 Å². The summed E-state index contributed by atoms with van der Waals surface area (Å²) >= 11 is 0. The molecule has 33 heavy (non-hydrogen) atoms. The second-order valence-corrected chi connectivity index (χ2v) is 10.2. The minimum absolute atomic E-state index is 0.179. The number of nitrogens with zero attached hydrogens (tertiary/aromatic N) is 5. The SMILES string of the molecule is Cc1ccc2c(N3C[C@H](CN4CCC(N5CCCCC5)CC4)O[C@H](C)C3)ccc(C#N)c2n1. The Bertz CT molecular complexity index is 1000. The third kappa shape index (κ3) is 5.01. The maximum absolute atomic E-state index is 9.56. The van der Waals surface area contributed by atoms with Gasteiger partial charge >= 0.3 is 0 Å². The lowest BCUT2D eigenvalue weighted by atomic mass is 9.99. The van der Waals surface area contributed by atoms with E-state index in [-0.39, 0.29) is 12.2 Å². The Hall–Kier alpha value is -2.20. The summed E-state index contributed by atoms with van der Waals surface area (Å²) in [5.74, 6) is 0. The number of likely N-dealkylation sites (tertiary alicyclic amines) is 2. The number of ether oxygens (including phenoxy) is 1. The van der Waals surface area contributed by atoms with Crippen LogP contribution in [0.25, 0.3) is 10.9 Å². The number of fused-ring (bicyclic) bond motifs is 1. The van der Waals surface area contributed by atoms with Gasteiger partial charge in [-0.05, 0) is 90.0 Å². The van der Waals surface area contributed by atoms with Gasteiger partial charge < -0.3 is 19.4 Å². The van der Waals surface area contributed by atoms with Crippen LogP contribution in [0.4, 0.5) is 5.69 Å². The van der Waals surface area contributed by atoms with Crippen molar-refractivity contribution in [2.45, 2.75) is 64.2 Å². The molecule has 0 radical (unpaired) electrons. The summed E-state index contributed by atoms with van der Waals surface area (Å²) in [7, 11) is 0. The average molecular weight is 448 g/mol. The molecule has 0 amide bonds. The van der Waals surface area contributed by atoms with Crippen molar-refractivity contribution in [3.63, 3.8) is 0 Å². The third-order valence-electron chi connectivity index (χ3n) is 7.69. The molecule has 2 atom stereocenters. The van der Waals surface area contributed by atoms with Crippen molar-refractivity contribution in [2.24, 2.45) is 0 Å². The van der Waals surface area contributed by atoms with Gasteiger partial charge in [0.1, 0.15) is 6.07 Å². The van der Waals surface area contributed by atoms with Gasteiger partial charge in [0.15, 0.2) is 0 Å². The van der Waals surface area contributed by atoms with E-state index in [1.165, 1.54) is 64.0 Å². The predicted molar refractivity (Wildman–Crippen MR) is 133 cm³/mol. The molecule has 1 aromatic carbocycles. The molecule has 6 nitrogen and oxygen atoms in total. The Kier molecular flexibility index (Phi) is 6.82. The smallest absolute Gasteiger partial charge is 0.101 e. The second-order valence-electron chi connectivity index (χ2n) is 10.2. The molecule has 1 aromatic heterocycles. The molecule has 0 unspecified atom stereocenters. The molecule has 3 aliphatic rings. The maximum atomic E-state index is 9.56. The fourth-order valence-electron chi connectivity index (χ4n) is 6.05. The number of aryl methyl sites for hydroxylation is 1. The Balaban J connectivity index is 1.26. The maximum Gasteiger partial charge on any atom is 0.101 e. The zero-order valence-electron chi connectivity index (χ0n) is 20.2. The van der Waals surface area contributed by atoms with Gasteiger partial charge in [0.25, 0.3) is 0 Å². The zero-order chi connectivity index (χ0) is 22.8. The lowest BCUT2D eigenvalue weighted by Crippen LogP contribution is -2.53. The van der Waals surface area contributed by atoms with Crippen LogP contribution in [0, 0.1) is 18.3 Å². The topological polar surface area (TPSA) is 55.6 Å². The van der Waals surface area contributed by atoms with Crippen molar-refractivity contribution in [3.8, 4) is 6.07 Å². The Morgan fingerprint density at radius 1 is 1.03 bits per heavy atom. The standard InChI is InChI=1S/C27H37N5O/c1-20-6-8-25-26(9-7-22(16-28)27(25)29-20)32-17-21(2)33-24(19-32)18-30-14-10-23(11-15-30)31-12-4-3-5-13-31/h6-9,21,23-24H,3-5,10-15,17-19H2,1-2H3/t21-,24+/m1/s1. The summed E-state index contributed by atoms with van der Waals surface area (Å²) in [5, 5.41) is 10.6. The summed E-state index contributed by atoms with van der Waals surface area (Å²) in [5.41, 5.74) is 3.56. The third-order valence-corrected chi connectivity index (χ3v) is 7.69. The number of morpholine rings is 1. The Labute approximate surface area is 198 Å². The molecule has 2 aromatic rings. The quantitative estimate of drug-likeness (QED) is 0.707. The van der Waals surface area contributed by atoms with E-state index in [2.05, 4.69) is 44.8 Å². The number of benzene rings is 1. The largest absolute Gasteiger partial charge is 0.370 e. The van der Waals surface area contributed by atoms with Crippen LogP contribution in [-0.4, -0.2) is 78.8 Å². The van der Waals surface area contributed by atoms with Crippen molar-refractivity contribution < 1.29 is 4.74 Å². The van der Waals surface area contributed by atoms with E-state index in [0.717, 1.165) is 42.3 Å². The Morgan fingerprint density at radius 3 is 2.58 bits per heavy atom. The van der Waals surface area contributed by atoms with Gasteiger partial charge in [-0.2, -0.15) is 5.26 Å². The molecule has 4 heterocycles. The molecule has 0 bridgehead atoms. The van der Waals surface area contributed by atoms with Crippen molar-refractivity contribution in [1.82, 2.24) is 14.8 Å². The van der Waals surface area contributed by atoms with E-state index in [9.17, 15) is 5.26 Å². The molecule has 3 saturated heterocycles. The average Bonchev–Trinajstić information content (AvgIpc) is 2.84. The van der Waals surface area contributed by atoms with Gasteiger partial charge in [-0.15, -0.1) is 0 Å². The second kappa shape index (κ2) is 9.97. The fraction of sp³-hybridized carbons (Fsp3) is 0.630. The number of hydrogen-bond acceptors (Lipinski definition) is 6. The zero-order valence-corrected chi connectivity index (χ0v) is 20.2. The number of nitriles is 1. The first-order valence-corrected chi connectivity index (χ1v) is 12.8. The first-order valence-electron chi connectivity index (χ1n) is 12.8. The lowest BCUT2D eigenvalue weighted by Gasteiger charge is -2.43. The molecule has 6 heteroatoms. The summed E-state index contributed by atoms with van der Waals surface area (Å²) in [4.78, 5) is 12.5. The first kappa shape index (κ1) is 22.6. The Morgan fingerprint density at radius 2 is 1.82 bits per heavy atom. The molecular formula is C27H37N5O. The molecule has 0 spiro atoms. The minimum Gasteiger partial charge on any atom is -0.370 e. The molecule has 0 aliphatic carbocycles. The normalized spacial score (nSPS) is 25.9. The van der Waals surface area contributed by atoms with Crippen LogP contribution in [0.5, 0.6) is 0 Å². The summed E-state index contributed by atoms with van der Waals surface area (Å²) < 4.78 is 6.40. The van der Waals surface area contributed by atoms with Crippen LogP contribution in [-0.2, 0) is 4.74 Å². The van der Waals surface area contributed by atoms with Crippen LogP contribution in [0.3, 0.4) is 0 Å². The summed E-state index contributed by atoms with van der Waals surface area (Å²) in [6.45, 7) is 11.9. The molecule has 176 valence electrons. The lowest BCUT2D eigenvalue weighted by molar-refractivity contribution is -0.0380. The van der Waals surface area contributed by atoms with E-state index in [4.69, 9.17) is 4.74 Å². The van der Waals surface area contributed by atoms with Crippen LogP contribution in [0.2, 0.25) is 0 Å². The van der Waals surface area contributed by atoms with Gasteiger partial charge in [0, 0.05) is 42.4 Å². The number of rotatable bonds is 4. The van der Waals surface area contributed by atoms with Crippen LogP contribution < -0.4 is 4.90 Å². The number of pyridine rings is 1.